The second kappa shape index (κ2) is 23.2. The number of hydrogen-bond donors (Lipinski definition) is 12. The molecule has 2 aromatic carbocycles. The highest BCUT2D eigenvalue weighted by atomic mass is 32.3. The molecule has 452 valence electrons. The Morgan fingerprint density at radius 3 is 1.44 bits per heavy atom. The lowest BCUT2D eigenvalue weighted by Gasteiger charge is -2.46. The Bertz CT molecular complexity index is 3800. The van der Waals surface area contributed by atoms with Crippen LogP contribution in [0, 0.1) is 0 Å². The molecule has 0 aliphatic carbocycles. The topological polar surface area (TPSA) is 666 Å². The quantitative estimate of drug-likeness (QED) is 0.0399. The molecular formula is C27H32O43S9. The van der Waals surface area contributed by atoms with Gasteiger partial charge in [-0.05, 0) is 25.1 Å². The molecule has 12 N–H and O–H groups in total. The van der Waals surface area contributed by atoms with Crippen molar-refractivity contribution in [2.45, 2.75) is 68.3 Å². The highest BCUT2D eigenvalue weighted by Crippen LogP contribution is 2.45. The van der Waals surface area contributed by atoms with Crippen LogP contribution in [0.1, 0.15) is 6.92 Å². The van der Waals surface area contributed by atoms with Crippen molar-refractivity contribution < 1.29 is 184 Å². The summed E-state index contributed by atoms with van der Waals surface area (Å²) in [6, 6.07) is 1.65. The predicted molar refractivity (Wildman–Crippen MR) is 238 cm³/mol. The van der Waals surface area contributed by atoms with Gasteiger partial charge in [0.15, 0.2) is 41.5 Å². The van der Waals surface area contributed by atoms with Crippen LogP contribution in [0.5, 0.6) is 28.7 Å². The van der Waals surface area contributed by atoms with Crippen LogP contribution in [-0.4, -0.2) is 191 Å². The summed E-state index contributed by atoms with van der Waals surface area (Å²) in [4.78, 5) is 14.5. The third kappa shape index (κ3) is 19.7. The van der Waals surface area contributed by atoms with Gasteiger partial charge in [-0.2, -0.15) is 67.3 Å². The molecule has 5 rings (SSSR count). The summed E-state index contributed by atoms with van der Waals surface area (Å²) in [5, 5.41) is 9.66. The largest absolute Gasteiger partial charge is 0.507 e. The smallest absolute Gasteiger partial charge is 0.446 e. The van der Waals surface area contributed by atoms with E-state index in [2.05, 4.69) is 37.6 Å². The Morgan fingerprint density at radius 2 is 0.949 bits per heavy atom. The summed E-state index contributed by atoms with van der Waals surface area (Å²) in [7, 11) is -47.3. The summed E-state index contributed by atoms with van der Waals surface area (Å²) in [6.07, 6.45) is -29.8. The first kappa shape index (κ1) is 65.6. The van der Waals surface area contributed by atoms with Crippen LogP contribution in [0.3, 0.4) is 0 Å². The Balaban J connectivity index is 1.82. The molecule has 2 fully saturated rings. The summed E-state index contributed by atoms with van der Waals surface area (Å²) >= 11 is -5.81. The maximum absolute atomic E-state index is 14.5. The molecule has 3 heterocycles. The molecule has 2 saturated heterocycles. The zero-order valence-corrected chi connectivity index (χ0v) is 44.4. The van der Waals surface area contributed by atoms with Crippen LogP contribution in [0.4, 0.5) is 0 Å². The minimum Gasteiger partial charge on any atom is -0.507 e. The Labute approximate surface area is 442 Å². The second-order valence-electron chi connectivity index (χ2n) is 14.8. The lowest BCUT2D eigenvalue weighted by atomic mass is 9.98. The number of fused-ring (bicyclic) bond motifs is 1. The van der Waals surface area contributed by atoms with E-state index in [1.54, 1.807) is 0 Å². The predicted octanol–water partition coefficient (Wildman–Crippen LogP) is -2.96. The molecule has 2 unspecified atom stereocenters. The summed E-state index contributed by atoms with van der Waals surface area (Å²) in [6.45, 7) is -1.16. The second-order valence-corrected chi connectivity index (χ2v) is 24.2. The number of ether oxygens (including phenoxy) is 4. The molecule has 52 heteroatoms. The zero-order chi connectivity index (χ0) is 60.2. The lowest BCUT2D eigenvalue weighted by Crippen LogP contribution is -2.64. The van der Waals surface area contributed by atoms with Gasteiger partial charge in [0.2, 0.25) is 28.6 Å². The molecular weight excluding hydrogens is 1300 g/mol. The van der Waals surface area contributed by atoms with E-state index < -0.39 is 219 Å². The number of hydrogen-bond acceptors (Lipinski definition) is 35. The lowest BCUT2D eigenvalue weighted by molar-refractivity contribution is -0.306. The maximum Gasteiger partial charge on any atom is 0.446 e. The molecule has 43 nitrogen and oxygen atoms in total. The van der Waals surface area contributed by atoms with Gasteiger partial charge in [0.1, 0.15) is 47.2 Å². The third-order valence-corrected chi connectivity index (χ3v) is 13.1. The van der Waals surface area contributed by atoms with Crippen LogP contribution in [-0.2, 0) is 123 Å². The molecule has 1 aromatic heterocycles. The van der Waals surface area contributed by atoms with Crippen molar-refractivity contribution in [2.75, 3.05) is 6.61 Å². The van der Waals surface area contributed by atoms with E-state index in [1.165, 1.54) is 0 Å². The van der Waals surface area contributed by atoms with Crippen molar-refractivity contribution in [3.05, 3.63) is 40.6 Å². The number of benzene rings is 2. The van der Waals surface area contributed by atoms with Crippen LogP contribution < -0.4 is 22.7 Å². The first-order valence-electron chi connectivity index (χ1n) is 19.0. The van der Waals surface area contributed by atoms with Gasteiger partial charge in [0.25, 0.3) is 0 Å². The summed E-state index contributed by atoms with van der Waals surface area (Å²) in [5.41, 5.74) is -4.04. The number of rotatable bonds is 24. The van der Waals surface area contributed by atoms with Gasteiger partial charge >= 0.3 is 83.2 Å². The molecule has 2 aliphatic rings. The van der Waals surface area contributed by atoms with Crippen LogP contribution in [0.2, 0.25) is 0 Å². The fourth-order valence-electron chi connectivity index (χ4n) is 6.78. The fourth-order valence-corrected chi connectivity index (χ4v) is 10.9. The fraction of sp³-hybridized carbons (Fsp3) is 0.444. The number of aromatic hydroxyl groups is 1. The standard InChI is InChI=1S/C27H32O43S9/c1-8-18(65-74(39,40)41)22(67-76(45,46)47)24(69-78(51,52)53)26(58-8)57-7-15-20(66-75(42,43)44)23(68-77(48,49)50)25(70-79(54,55)56)27(60-15)61-21-17(29)16-11(28)5-10(62-71(30,31)32)6-14(16)59-19(21)9-2-3-12(63-72(33,34)35)13(4-9)64-73(36,37)38/h2-6,8,15,18,20,22-28,48-50H,7H2,1H3,(H,30,31,32)(H,33,34,35)(H,36,37,38)(H,39,40,41)(H,42,43,44)(H,45,46,47)(H,51,52,53)(H,54,55,56)/t8-,15+,18-,20+,22+,23-,24+,25+,26?,27?/m1/s1. The summed E-state index contributed by atoms with van der Waals surface area (Å²) in [5.74, 6) is -8.54. The van der Waals surface area contributed by atoms with Gasteiger partial charge < -0.3 is 41.0 Å². The van der Waals surface area contributed by atoms with Crippen molar-refractivity contribution in [2.24, 2.45) is 0 Å². The van der Waals surface area contributed by atoms with E-state index >= 15 is 0 Å². The van der Waals surface area contributed by atoms with E-state index in [1.807, 2.05) is 0 Å². The number of phenolic OH excluding ortho intramolecular Hbond substituents is 1. The highest BCUT2D eigenvalue weighted by molar-refractivity contribution is 8.15. The molecule has 0 saturated carbocycles. The minimum atomic E-state index is -6.25. The average molecular weight is 1330 g/mol. The molecule has 0 spiro atoms. The Hall–Kier alpha value is -4.20. The van der Waals surface area contributed by atoms with E-state index in [4.69, 9.17) is 23.4 Å². The van der Waals surface area contributed by atoms with Crippen molar-refractivity contribution in [3.8, 4) is 40.1 Å². The minimum absolute atomic E-state index is 0.206. The first-order chi connectivity index (χ1) is 35.4. The zero-order valence-electron chi connectivity index (χ0n) is 37.1. The van der Waals surface area contributed by atoms with Gasteiger partial charge in [0, 0.05) is 17.7 Å². The van der Waals surface area contributed by atoms with Crippen LogP contribution in [0.25, 0.3) is 22.3 Å². The van der Waals surface area contributed by atoms with Gasteiger partial charge in [-0.15, -0.1) is 0 Å². The van der Waals surface area contributed by atoms with E-state index in [9.17, 15) is 127 Å². The van der Waals surface area contributed by atoms with Gasteiger partial charge in [-0.25, -0.2) is 20.9 Å². The highest BCUT2D eigenvalue weighted by Gasteiger charge is 2.57. The summed E-state index contributed by atoms with van der Waals surface area (Å²) < 4.78 is 363. The Kier molecular flexibility index (Phi) is 19.3. The molecule has 10 atom stereocenters. The third-order valence-electron chi connectivity index (χ3n) is 9.09. The normalized spacial score (nSPS) is 25.4. The molecule has 2 aliphatic heterocycles. The van der Waals surface area contributed by atoms with Crippen molar-refractivity contribution in [1.29, 1.82) is 0 Å². The molecule has 3 aromatic rings. The van der Waals surface area contributed by atoms with E-state index in [-0.39, 0.29) is 12.1 Å². The Morgan fingerprint density at radius 1 is 0.494 bits per heavy atom. The maximum atomic E-state index is 14.5. The van der Waals surface area contributed by atoms with Gasteiger partial charge in [-0.3, -0.25) is 59.1 Å². The van der Waals surface area contributed by atoms with Crippen molar-refractivity contribution in [1.82, 2.24) is 0 Å². The molecule has 79 heavy (non-hydrogen) atoms. The first-order valence-corrected chi connectivity index (χ1v) is 31.3. The van der Waals surface area contributed by atoms with Crippen LogP contribution in [0.15, 0.2) is 39.5 Å². The monoisotopic (exact) mass is 1330 g/mol. The molecule has 0 bridgehead atoms. The average Bonchev–Trinajstić information content (AvgIpc) is 3.19. The SMILES string of the molecule is C[C@H]1OC(OC[C@@H]2OC(Oc3c(-c4ccc(OS(=O)(=O)O)c(OS(=O)(=O)O)c4)oc4cc(OS(=O)(=O)O)cc(O)c4c3=O)[C@@H](OS(=O)(=O)O)[C@H](OS(O)(O)O)[C@H]2OS(=O)(=O)O)[C@@H](OS(=O)(=O)O)[C@@H](OS(=O)(=O)O)[C@@H]1OS(=O)(=O)O. The van der Waals surface area contributed by atoms with Gasteiger partial charge in [-0.1, -0.05) is 0 Å². The van der Waals surface area contributed by atoms with Crippen molar-refractivity contribution >= 4 is 105 Å². The molecule has 0 amide bonds. The molecule has 0 radical (unpaired) electrons. The van der Waals surface area contributed by atoms with E-state index in [0.29, 0.717) is 25.1 Å². The number of phenols is 1. The van der Waals surface area contributed by atoms with Crippen LogP contribution >= 0.6 is 11.2 Å². The van der Waals surface area contributed by atoms with Gasteiger partial charge in [0.05, 0.1) is 12.7 Å². The van der Waals surface area contributed by atoms with Crippen molar-refractivity contribution in [3.63, 3.8) is 0 Å². The van der Waals surface area contributed by atoms with E-state index in [0.717, 1.165) is 0 Å².